The van der Waals surface area contributed by atoms with E-state index >= 15 is 0 Å². The first-order valence-electron chi connectivity index (χ1n) is 9.92. The van der Waals surface area contributed by atoms with E-state index in [1.807, 2.05) is 0 Å². The summed E-state index contributed by atoms with van der Waals surface area (Å²) >= 11 is 0. The molecule has 2 aliphatic rings. The first kappa shape index (κ1) is 16.7. The monoisotopic (exact) mass is 359 g/mol. The molecule has 1 atom stereocenters. The van der Waals surface area contributed by atoms with Crippen LogP contribution in [0.5, 0.6) is 0 Å². The van der Waals surface area contributed by atoms with Gasteiger partial charge in [0.05, 0.1) is 12.0 Å². The average Bonchev–Trinajstić information content (AvgIpc) is 3.11. The molecule has 1 aliphatic carbocycles. The highest BCUT2D eigenvalue weighted by atomic mass is 16.5. The van der Waals surface area contributed by atoms with Crippen LogP contribution in [0.25, 0.3) is 0 Å². The summed E-state index contributed by atoms with van der Waals surface area (Å²) in [6.45, 7) is 3.70. The maximum absolute atomic E-state index is 5.97. The Hall–Kier alpha value is -2.46. The zero-order valence-corrected chi connectivity index (χ0v) is 15.8. The van der Waals surface area contributed by atoms with Gasteiger partial charge < -0.3 is 4.74 Å². The zero-order valence-electron chi connectivity index (χ0n) is 15.8. The van der Waals surface area contributed by atoms with Crippen molar-refractivity contribution in [2.45, 2.75) is 50.7 Å². The highest BCUT2D eigenvalue weighted by Gasteiger charge is 2.50. The Kier molecular flexibility index (Phi) is 4.09. The van der Waals surface area contributed by atoms with E-state index in [1.165, 1.54) is 16.7 Å². The Bertz CT molecular complexity index is 937. The quantitative estimate of drug-likeness (QED) is 0.670. The molecule has 0 amide bonds. The van der Waals surface area contributed by atoms with Crippen molar-refractivity contribution >= 4 is 0 Å². The van der Waals surface area contributed by atoms with Gasteiger partial charge in [-0.1, -0.05) is 60.2 Å². The number of hydrogen-bond donors (Lipinski definition) is 0. The minimum Gasteiger partial charge on any atom is -0.370 e. The molecule has 0 bridgehead atoms. The van der Waals surface area contributed by atoms with Crippen molar-refractivity contribution in [3.8, 4) is 0 Å². The lowest BCUT2D eigenvalue weighted by molar-refractivity contribution is 0.101. The standard InChI is InChI=1S/C23H25N3O/c1-17-7-5-8-18(15-17)16-26-21(20-11-6-14-27-20)24-22(25-26)23(12-13-23)19-9-3-2-4-10-19/h2-5,7-10,15,20H,6,11-14,16H2,1H3/t20-/m0/s1. The number of ether oxygens (including phenoxy) is 1. The van der Waals surface area contributed by atoms with Gasteiger partial charge in [-0.15, -0.1) is 0 Å². The molecule has 0 radical (unpaired) electrons. The summed E-state index contributed by atoms with van der Waals surface area (Å²) in [6, 6.07) is 19.3. The van der Waals surface area contributed by atoms with Crippen LogP contribution in [0, 0.1) is 6.92 Å². The van der Waals surface area contributed by atoms with E-state index in [1.54, 1.807) is 0 Å². The lowest BCUT2D eigenvalue weighted by Crippen LogP contribution is -2.12. The number of aryl methyl sites for hydroxylation is 1. The van der Waals surface area contributed by atoms with Crippen molar-refractivity contribution in [1.82, 2.24) is 14.8 Å². The summed E-state index contributed by atoms with van der Waals surface area (Å²) in [5.41, 5.74) is 3.85. The van der Waals surface area contributed by atoms with Gasteiger partial charge in [-0.3, -0.25) is 0 Å². The second-order valence-electron chi connectivity index (χ2n) is 7.89. The molecule has 4 nitrogen and oxygen atoms in total. The maximum atomic E-state index is 5.97. The molecular formula is C23H25N3O. The van der Waals surface area contributed by atoms with Crippen LogP contribution < -0.4 is 0 Å². The van der Waals surface area contributed by atoms with Crippen molar-refractivity contribution in [2.24, 2.45) is 0 Å². The largest absolute Gasteiger partial charge is 0.370 e. The van der Waals surface area contributed by atoms with Gasteiger partial charge >= 0.3 is 0 Å². The molecule has 0 unspecified atom stereocenters. The van der Waals surface area contributed by atoms with Crippen LogP contribution in [-0.4, -0.2) is 21.4 Å². The molecular weight excluding hydrogens is 334 g/mol. The Balaban J connectivity index is 1.54. The molecule has 1 aliphatic heterocycles. The van der Waals surface area contributed by atoms with E-state index in [0.717, 1.165) is 50.5 Å². The number of hydrogen-bond acceptors (Lipinski definition) is 3. The summed E-state index contributed by atoms with van der Waals surface area (Å²) in [7, 11) is 0. The Morgan fingerprint density at radius 3 is 2.67 bits per heavy atom. The van der Waals surface area contributed by atoms with E-state index in [0.29, 0.717) is 0 Å². The highest BCUT2D eigenvalue weighted by molar-refractivity contribution is 5.39. The van der Waals surface area contributed by atoms with E-state index in [2.05, 4.69) is 66.2 Å². The minimum absolute atomic E-state index is 0.00747. The summed E-state index contributed by atoms with van der Waals surface area (Å²) < 4.78 is 8.06. The summed E-state index contributed by atoms with van der Waals surface area (Å²) in [5, 5.41) is 5.02. The van der Waals surface area contributed by atoms with Gasteiger partial charge in [-0.2, -0.15) is 5.10 Å². The molecule has 1 saturated carbocycles. The van der Waals surface area contributed by atoms with Gasteiger partial charge in [0, 0.05) is 6.61 Å². The summed E-state index contributed by atoms with van der Waals surface area (Å²) in [5.74, 6) is 1.96. The van der Waals surface area contributed by atoms with Gasteiger partial charge in [0.1, 0.15) is 6.10 Å². The minimum atomic E-state index is -0.00747. The van der Waals surface area contributed by atoms with Crippen LogP contribution in [0.4, 0.5) is 0 Å². The lowest BCUT2D eigenvalue weighted by atomic mass is 9.95. The first-order valence-corrected chi connectivity index (χ1v) is 9.92. The van der Waals surface area contributed by atoms with E-state index in [4.69, 9.17) is 14.8 Å². The highest BCUT2D eigenvalue weighted by Crippen LogP contribution is 2.52. The third-order valence-electron chi connectivity index (χ3n) is 5.84. The van der Waals surface area contributed by atoms with Crippen molar-refractivity contribution in [3.05, 3.63) is 82.9 Å². The fourth-order valence-corrected chi connectivity index (χ4v) is 4.20. The van der Waals surface area contributed by atoms with Crippen LogP contribution in [-0.2, 0) is 16.7 Å². The number of nitrogens with zero attached hydrogens (tertiary/aromatic N) is 3. The van der Waals surface area contributed by atoms with Crippen LogP contribution in [0.3, 0.4) is 0 Å². The lowest BCUT2D eigenvalue weighted by Gasteiger charge is -2.11. The SMILES string of the molecule is Cc1cccc(Cn2nc(C3(c4ccccc4)CC3)nc2[C@@H]2CCCO2)c1. The van der Waals surface area contributed by atoms with Crippen LogP contribution in [0.1, 0.15) is 60.1 Å². The first-order chi connectivity index (χ1) is 13.2. The predicted octanol–water partition coefficient (Wildman–Crippen LogP) is 4.57. The fourth-order valence-electron chi connectivity index (χ4n) is 4.20. The van der Waals surface area contributed by atoms with Gasteiger partial charge in [-0.05, 0) is 43.7 Å². The molecule has 0 N–H and O–H groups in total. The van der Waals surface area contributed by atoms with Crippen LogP contribution in [0.15, 0.2) is 54.6 Å². The number of rotatable bonds is 5. The van der Waals surface area contributed by atoms with Gasteiger partial charge in [0.2, 0.25) is 0 Å². The fraction of sp³-hybridized carbons (Fsp3) is 0.391. The molecule has 2 aromatic carbocycles. The van der Waals surface area contributed by atoms with Crippen molar-refractivity contribution in [1.29, 1.82) is 0 Å². The van der Waals surface area contributed by atoms with Crippen molar-refractivity contribution < 1.29 is 4.74 Å². The van der Waals surface area contributed by atoms with E-state index in [9.17, 15) is 0 Å². The van der Waals surface area contributed by atoms with Crippen LogP contribution in [0.2, 0.25) is 0 Å². The van der Waals surface area contributed by atoms with Crippen molar-refractivity contribution in [2.75, 3.05) is 6.61 Å². The van der Waals surface area contributed by atoms with Crippen molar-refractivity contribution in [3.63, 3.8) is 0 Å². The third kappa shape index (κ3) is 3.08. The van der Waals surface area contributed by atoms with Gasteiger partial charge in [0.15, 0.2) is 11.6 Å². The smallest absolute Gasteiger partial charge is 0.161 e. The molecule has 3 aromatic rings. The van der Waals surface area contributed by atoms with Gasteiger partial charge in [0.25, 0.3) is 0 Å². The topological polar surface area (TPSA) is 39.9 Å². The molecule has 27 heavy (non-hydrogen) atoms. The third-order valence-corrected chi connectivity index (χ3v) is 5.84. The second kappa shape index (κ2) is 6.61. The number of aromatic nitrogens is 3. The predicted molar refractivity (Wildman–Crippen MR) is 105 cm³/mol. The Labute approximate surface area is 160 Å². The summed E-state index contributed by atoms with van der Waals surface area (Å²) in [4.78, 5) is 5.05. The maximum Gasteiger partial charge on any atom is 0.161 e. The molecule has 138 valence electrons. The number of benzene rings is 2. The average molecular weight is 359 g/mol. The molecule has 4 heteroatoms. The molecule has 5 rings (SSSR count). The second-order valence-corrected chi connectivity index (χ2v) is 7.89. The molecule has 2 fully saturated rings. The summed E-state index contributed by atoms with van der Waals surface area (Å²) in [6.07, 6.45) is 4.45. The molecule has 2 heterocycles. The molecule has 1 aromatic heterocycles. The van der Waals surface area contributed by atoms with Crippen LogP contribution >= 0.6 is 0 Å². The van der Waals surface area contributed by atoms with Gasteiger partial charge in [-0.25, -0.2) is 9.67 Å². The van der Waals surface area contributed by atoms with E-state index in [-0.39, 0.29) is 11.5 Å². The molecule has 1 saturated heterocycles. The molecule has 0 spiro atoms. The normalized spacial score (nSPS) is 20.7. The zero-order chi connectivity index (χ0) is 18.3. The Morgan fingerprint density at radius 2 is 1.96 bits per heavy atom. The van der Waals surface area contributed by atoms with E-state index < -0.39 is 0 Å². The Morgan fingerprint density at radius 1 is 1.11 bits per heavy atom.